The van der Waals surface area contributed by atoms with Gasteiger partial charge in [-0.05, 0) is 82.8 Å². The fourth-order valence-corrected chi connectivity index (χ4v) is 4.54. The van der Waals surface area contributed by atoms with Gasteiger partial charge in [-0.25, -0.2) is 0 Å². The molecule has 0 aromatic heterocycles. The Morgan fingerprint density at radius 2 is 1.57 bits per heavy atom. The average molecular weight is 378 g/mol. The SMILES string of the molecule is CC(=O)c1c(C)cc(C)c(CN2CCC(C(=O)c3ccc(C)cc3)CC2)c1C. The third-order valence-electron chi connectivity index (χ3n) is 6.16. The Bertz CT molecular complexity index is 888. The normalized spacial score (nSPS) is 15.6. The van der Waals surface area contributed by atoms with E-state index in [0.717, 1.165) is 54.7 Å². The van der Waals surface area contributed by atoms with Crippen LogP contribution in [0.15, 0.2) is 30.3 Å². The molecular formula is C25H31NO2. The largest absolute Gasteiger partial charge is 0.299 e. The summed E-state index contributed by atoms with van der Waals surface area (Å²) in [4.78, 5) is 27.3. The lowest BCUT2D eigenvalue weighted by Gasteiger charge is -2.32. The molecule has 0 aliphatic carbocycles. The Kier molecular flexibility index (Phi) is 6.14. The van der Waals surface area contributed by atoms with Gasteiger partial charge in [0, 0.05) is 23.6 Å². The Balaban J connectivity index is 1.68. The van der Waals surface area contributed by atoms with Crippen LogP contribution in [0.3, 0.4) is 0 Å². The summed E-state index contributed by atoms with van der Waals surface area (Å²) in [6.07, 6.45) is 1.80. The molecule has 0 radical (unpaired) electrons. The summed E-state index contributed by atoms with van der Waals surface area (Å²) in [5.74, 6) is 0.534. The van der Waals surface area contributed by atoms with Crippen LogP contribution in [-0.4, -0.2) is 29.6 Å². The molecule has 0 unspecified atom stereocenters. The van der Waals surface area contributed by atoms with Gasteiger partial charge in [-0.2, -0.15) is 0 Å². The van der Waals surface area contributed by atoms with Gasteiger partial charge >= 0.3 is 0 Å². The van der Waals surface area contributed by atoms with Gasteiger partial charge in [0.25, 0.3) is 0 Å². The third kappa shape index (κ3) is 4.25. The van der Waals surface area contributed by atoms with Crippen LogP contribution in [-0.2, 0) is 6.54 Å². The van der Waals surface area contributed by atoms with Crippen molar-refractivity contribution in [2.75, 3.05) is 13.1 Å². The Hall–Kier alpha value is -2.26. The van der Waals surface area contributed by atoms with E-state index in [1.165, 1.54) is 16.7 Å². The lowest BCUT2D eigenvalue weighted by molar-refractivity contribution is 0.0834. The number of hydrogen-bond acceptors (Lipinski definition) is 3. The van der Waals surface area contributed by atoms with E-state index in [1.807, 2.05) is 38.1 Å². The number of benzene rings is 2. The molecule has 1 aliphatic rings. The summed E-state index contributed by atoms with van der Waals surface area (Å²) in [5, 5.41) is 0. The number of ketones is 2. The third-order valence-corrected chi connectivity index (χ3v) is 6.16. The maximum Gasteiger partial charge on any atom is 0.166 e. The molecule has 0 atom stereocenters. The van der Waals surface area contributed by atoms with E-state index in [0.29, 0.717) is 0 Å². The standard InChI is InChI=1S/C25H31NO2/c1-16-6-8-21(9-7-16)25(28)22-10-12-26(13-11-22)15-23-17(2)14-18(3)24(19(23)4)20(5)27/h6-9,14,22H,10-13,15H2,1-5H3. The van der Waals surface area contributed by atoms with Crippen LogP contribution in [0.5, 0.6) is 0 Å². The van der Waals surface area contributed by atoms with E-state index in [-0.39, 0.29) is 17.5 Å². The maximum atomic E-state index is 12.8. The molecule has 3 heteroatoms. The molecule has 3 nitrogen and oxygen atoms in total. The van der Waals surface area contributed by atoms with E-state index < -0.39 is 0 Å². The molecule has 1 aliphatic heterocycles. The Morgan fingerprint density at radius 1 is 0.964 bits per heavy atom. The number of likely N-dealkylation sites (tertiary alicyclic amines) is 1. The monoisotopic (exact) mass is 377 g/mol. The molecule has 0 amide bonds. The number of Topliss-reactive ketones (excluding diaryl/α,β-unsaturated/α-hetero) is 2. The van der Waals surface area contributed by atoms with Crippen molar-refractivity contribution in [3.8, 4) is 0 Å². The van der Waals surface area contributed by atoms with Crippen LogP contribution in [0.2, 0.25) is 0 Å². The fourth-order valence-electron chi connectivity index (χ4n) is 4.54. The Labute approximate surface area is 168 Å². The van der Waals surface area contributed by atoms with E-state index in [2.05, 4.69) is 24.8 Å². The van der Waals surface area contributed by atoms with Crippen molar-refractivity contribution in [1.82, 2.24) is 4.90 Å². The summed E-state index contributed by atoms with van der Waals surface area (Å²) < 4.78 is 0. The molecule has 0 saturated carbocycles. The highest BCUT2D eigenvalue weighted by Crippen LogP contribution is 2.27. The van der Waals surface area contributed by atoms with Crippen molar-refractivity contribution in [2.45, 2.75) is 54.0 Å². The van der Waals surface area contributed by atoms with Crippen molar-refractivity contribution in [2.24, 2.45) is 5.92 Å². The van der Waals surface area contributed by atoms with Crippen LogP contribution < -0.4 is 0 Å². The molecule has 0 spiro atoms. The second kappa shape index (κ2) is 8.40. The summed E-state index contributed by atoms with van der Waals surface area (Å²) in [7, 11) is 0. The van der Waals surface area contributed by atoms with Crippen LogP contribution in [0.4, 0.5) is 0 Å². The van der Waals surface area contributed by atoms with Crippen molar-refractivity contribution in [3.05, 3.63) is 69.3 Å². The minimum absolute atomic E-state index is 0.118. The predicted octanol–water partition coefficient (Wildman–Crippen LogP) is 5.22. The number of carbonyl (C=O) groups excluding carboxylic acids is 2. The summed E-state index contributed by atoms with van der Waals surface area (Å²) in [6.45, 7) is 12.6. The number of nitrogens with zero attached hydrogens (tertiary/aromatic N) is 1. The summed E-state index contributed by atoms with van der Waals surface area (Å²) in [5.41, 5.74) is 7.57. The number of rotatable bonds is 5. The second-order valence-corrected chi connectivity index (χ2v) is 8.33. The summed E-state index contributed by atoms with van der Waals surface area (Å²) >= 11 is 0. The average Bonchev–Trinajstić information content (AvgIpc) is 2.65. The molecule has 28 heavy (non-hydrogen) atoms. The quantitative estimate of drug-likeness (QED) is 0.671. The van der Waals surface area contributed by atoms with Crippen LogP contribution in [0, 0.1) is 33.6 Å². The van der Waals surface area contributed by atoms with Gasteiger partial charge < -0.3 is 0 Å². The van der Waals surface area contributed by atoms with Gasteiger partial charge in [-0.1, -0.05) is 35.9 Å². The van der Waals surface area contributed by atoms with Crippen molar-refractivity contribution < 1.29 is 9.59 Å². The Morgan fingerprint density at radius 3 is 2.14 bits per heavy atom. The molecule has 2 aromatic rings. The molecule has 0 N–H and O–H groups in total. The van der Waals surface area contributed by atoms with E-state index >= 15 is 0 Å². The minimum Gasteiger partial charge on any atom is -0.299 e. The van der Waals surface area contributed by atoms with E-state index in [4.69, 9.17) is 0 Å². The molecule has 0 bridgehead atoms. The first-order valence-electron chi connectivity index (χ1n) is 10.2. The highest BCUT2D eigenvalue weighted by Gasteiger charge is 2.26. The first-order valence-corrected chi connectivity index (χ1v) is 10.2. The molecule has 2 aromatic carbocycles. The summed E-state index contributed by atoms with van der Waals surface area (Å²) in [6, 6.07) is 10.1. The minimum atomic E-state index is 0.118. The topological polar surface area (TPSA) is 37.4 Å². The second-order valence-electron chi connectivity index (χ2n) is 8.33. The number of hydrogen-bond donors (Lipinski definition) is 0. The molecule has 1 fully saturated rings. The smallest absolute Gasteiger partial charge is 0.166 e. The van der Waals surface area contributed by atoms with Gasteiger partial charge in [-0.3, -0.25) is 14.5 Å². The molecule has 1 saturated heterocycles. The zero-order valence-electron chi connectivity index (χ0n) is 17.8. The van der Waals surface area contributed by atoms with Crippen LogP contribution >= 0.6 is 0 Å². The van der Waals surface area contributed by atoms with Gasteiger partial charge in [0.15, 0.2) is 11.6 Å². The van der Waals surface area contributed by atoms with Gasteiger partial charge in [0.1, 0.15) is 0 Å². The maximum absolute atomic E-state index is 12.8. The number of piperidine rings is 1. The highest BCUT2D eigenvalue weighted by atomic mass is 16.1. The number of aryl methyl sites for hydroxylation is 3. The fraction of sp³-hybridized carbons (Fsp3) is 0.440. The molecule has 3 rings (SSSR count). The zero-order valence-corrected chi connectivity index (χ0v) is 17.8. The van der Waals surface area contributed by atoms with E-state index in [9.17, 15) is 9.59 Å². The zero-order chi connectivity index (χ0) is 20.4. The molecule has 1 heterocycles. The number of carbonyl (C=O) groups is 2. The van der Waals surface area contributed by atoms with E-state index in [1.54, 1.807) is 6.92 Å². The lowest BCUT2D eigenvalue weighted by Crippen LogP contribution is -2.36. The lowest BCUT2D eigenvalue weighted by atomic mass is 9.87. The first kappa shape index (κ1) is 20.5. The molecule has 148 valence electrons. The molecular weight excluding hydrogens is 346 g/mol. The van der Waals surface area contributed by atoms with Crippen molar-refractivity contribution in [3.63, 3.8) is 0 Å². The highest BCUT2D eigenvalue weighted by molar-refractivity contribution is 5.98. The van der Waals surface area contributed by atoms with Gasteiger partial charge in [0.05, 0.1) is 0 Å². The van der Waals surface area contributed by atoms with Crippen LogP contribution in [0.25, 0.3) is 0 Å². The van der Waals surface area contributed by atoms with Crippen LogP contribution in [0.1, 0.15) is 68.3 Å². The van der Waals surface area contributed by atoms with Gasteiger partial charge in [0.2, 0.25) is 0 Å². The van der Waals surface area contributed by atoms with Crippen molar-refractivity contribution in [1.29, 1.82) is 0 Å². The van der Waals surface area contributed by atoms with Gasteiger partial charge in [-0.15, -0.1) is 0 Å². The first-order chi connectivity index (χ1) is 13.3. The van der Waals surface area contributed by atoms with Crippen molar-refractivity contribution >= 4 is 11.6 Å². The predicted molar refractivity (Wildman–Crippen MR) is 114 cm³/mol.